The second kappa shape index (κ2) is 9.34. The van der Waals surface area contributed by atoms with Crippen molar-refractivity contribution in [3.05, 3.63) is 54.1 Å². The molecule has 1 N–H and O–H groups in total. The molecule has 9 heteroatoms. The van der Waals surface area contributed by atoms with E-state index in [0.29, 0.717) is 18.7 Å². The van der Waals surface area contributed by atoms with Crippen LogP contribution in [0.5, 0.6) is 5.75 Å². The summed E-state index contributed by atoms with van der Waals surface area (Å²) in [5, 5.41) is 2.40. The number of para-hydroxylation sites is 2. The maximum Gasteiger partial charge on any atom is 0.387 e. The van der Waals surface area contributed by atoms with Gasteiger partial charge in [0.2, 0.25) is 5.91 Å². The number of nitrogens with one attached hydrogen (secondary N) is 1. The van der Waals surface area contributed by atoms with Crippen molar-refractivity contribution in [2.75, 3.05) is 16.8 Å². The summed E-state index contributed by atoms with van der Waals surface area (Å²) in [5.74, 6) is -1.60. The minimum absolute atomic E-state index is 0.0327. The second-order valence-corrected chi connectivity index (χ2v) is 6.61. The zero-order valence-electron chi connectivity index (χ0n) is 16.1. The molecule has 2 aromatic carbocycles. The van der Waals surface area contributed by atoms with Crippen LogP contribution in [-0.2, 0) is 14.3 Å². The molecule has 2 amide bonds. The van der Waals surface area contributed by atoms with Crippen LogP contribution in [0.3, 0.4) is 0 Å². The Morgan fingerprint density at radius 1 is 1.10 bits per heavy atom. The van der Waals surface area contributed by atoms with E-state index in [1.807, 2.05) is 0 Å². The average Bonchev–Trinajstić information content (AvgIpc) is 3.15. The Balaban J connectivity index is 1.60. The van der Waals surface area contributed by atoms with Crippen LogP contribution in [0.2, 0.25) is 0 Å². The highest BCUT2D eigenvalue weighted by molar-refractivity contribution is 5.99. The molecule has 1 fully saturated rings. The van der Waals surface area contributed by atoms with Gasteiger partial charge in [0.1, 0.15) is 5.75 Å². The van der Waals surface area contributed by atoms with Gasteiger partial charge in [-0.05, 0) is 49.7 Å². The van der Waals surface area contributed by atoms with Gasteiger partial charge in [-0.1, -0.05) is 12.1 Å². The summed E-state index contributed by atoms with van der Waals surface area (Å²) >= 11 is 0. The number of amides is 2. The van der Waals surface area contributed by atoms with Crippen LogP contribution in [0.15, 0.2) is 48.5 Å². The first-order valence-corrected chi connectivity index (χ1v) is 9.31. The van der Waals surface area contributed by atoms with Gasteiger partial charge in [0, 0.05) is 18.7 Å². The van der Waals surface area contributed by atoms with Crippen molar-refractivity contribution in [2.45, 2.75) is 32.5 Å². The number of hydrogen-bond acceptors (Lipinski definition) is 5. The summed E-state index contributed by atoms with van der Waals surface area (Å²) in [6.07, 6.45) is 0.111. The van der Waals surface area contributed by atoms with Gasteiger partial charge in [-0.3, -0.25) is 9.59 Å². The number of rotatable bonds is 7. The molecule has 1 heterocycles. The first kappa shape index (κ1) is 21.2. The number of halogens is 2. The monoisotopic (exact) mass is 418 g/mol. The van der Waals surface area contributed by atoms with Gasteiger partial charge in [-0.25, -0.2) is 4.79 Å². The molecule has 3 rings (SSSR count). The molecule has 1 aliphatic heterocycles. The van der Waals surface area contributed by atoms with Crippen molar-refractivity contribution in [1.29, 1.82) is 0 Å². The molecule has 0 radical (unpaired) electrons. The fraction of sp³-hybridized carbons (Fsp3) is 0.286. The van der Waals surface area contributed by atoms with Gasteiger partial charge in [0.25, 0.3) is 5.91 Å². The lowest BCUT2D eigenvalue weighted by molar-refractivity contribution is -0.123. The third kappa shape index (κ3) is 5.11. The van der Waals surface area contributed by atoms with E-state index in [0.717, 1.165) is 6.42 Å². The summed E-state index contributed by atoms with van der Waals surface area (Å²) in [5.41, 5.74) is 0.937. The molecule has 0 saturated carbocycles. The van der Waals surface area contributed by atoms with Crippen molar-refractivity contribution in [1.82, 2.24) is 0 Å². The molecule has 0 aliphatic carbocycles. The van der Waals surface area contributed by atoms with Crippen molar-refractivity contribution < 1.29 is 32.6 Å². The fourth-order valence-corrected chi connectivity index (χ4v) is 2.98. The van der Waals surface area contributed by atoms with Crippen LogP contribution in [-0.4, -0.2) is 37.0 Å². The maximum absolute atomic E-state index is 12.5. The third-order valence-corrected chi connectivity index (χ3v) is 4.50. The Kier molecular flexibility index (Phi) is 6.61. The Morgan fingerprint density at radius 3 is 2.43 bits per heavy atom. The first-order valence-electron chi connectivity index (χ1n) is 9.31. The minimum atomic E-state index is -3.04. The SMILES string of the molecule is C[C@H](OC(=O)c1ccc(N2CCCC2=O)cc1)C(=O)Nc1ccccc1OC(F)F. The van der Waals surface area contributed by atoms with E-state index >= 15 is 0 Å². The van der Waals surface area contributed by atoms with E-state index in [-0.39, 0.29) is 22.9 Å². The van der Waals surface area contributed by atoms with Gasteiger partial charge in [0.15, 0.2) is 6.10 Å². The second-order valence-electron chi connectivity index (χ2n) is 6.61. The van der Waals surface area contributed by atoms with Crippen LogP contribution < -0.4 is 15.0 Å². The zero-order chi connectivity index (χ0) is 21.7. The molecule has 7 nitrogen and oxygen atoms in total. The zero-order valence-corrected chi connectivity index (χ0v) is 16.1. The molecule has 0 bridgehead atoms. The van der Waals surface area contributed by atoms with Crippen LogP contribution in [0.25, 0.3) is 0 Å². The fourth-order valence-electron chi connectivity index (χ4n) is 2.98. The van der Waals surface area contributed by atoms with E-state index < -0.39 is 24.6 Å². The molecule has 0 unspecified atom stereocenters. The van der Waals surface area contributed by atoms with Crippen LogP contribution in [0, 0.1) is 0 Å². The van der Waals surface area contributed by atoms with Crippen molar-refractivity contribution in [2.24, 2.45) is 0 Å². The molecular weight excluding hydrogens is 398 g/mol. The van der Waals surface area contributed by atoms with Crippen molar-refractivity contribution >= 4 is 29.2 Å². The summed E-state index contributed by atoms with van der Waals surface area (Å²) in [6.45, 7) is -1.05. The number of esters is 1. The summed E-state index contributed by atoms with van der Waals surface area (Å²) < 4.78 is 34.5. The average molecular weight is 418 g/mol. The first-order chi connectivity index (χ1) is 14.3. The Bertz CT molecular complexity index is 933. The van der Waals surface area contributed by atoms with Gasteiger partial charge in [0.05, 0.1) is 11.3 Å². The van der Waals surface area contributed by atoms with Gasteiger partial charge < -0.3 is 19.7 Å². The normalized spacial score (nSPS) is 14.5. The Morgan fingerprint density at radius 2 is 1.80 bits per heavy atom. The van der Waals surface area contributed by atoms with E-state index in [2.05, 4.69) is 10.1 Å². The largest absolute Gasteiger partial charge is 0.449 e. The predicted molar refractivity (Wildman–Crippen MR) is 105 cm³/mol. The summed E-state index contributed by atoms with van der Waals surface area (Å²) in [4.78, 5) is 38.0. The lowest BCUT2D eigenvalue weighted by atomic mass is 10.2. The highest BCUT2D eigenvalue weighted by atomic mass is 19.3. The molecular formula is C21H20F2N2O5. The highest BCUT2D eigenvalue weighted by Gasteiger charge is 2.23. The standard InChI is InChI=1S/C21H20F2N2O5/c1-13(19(27)24-16-5-2-3-6-17(16)30-21(22)23)29-20(28)14-8-10-15(11-9-14)25-12-4-7-18(25)26/h2-3,5-6,8-11,13,21H,4,7,12H2,1H3,(H,24,27)/t13-/m0/s1. The number of ether oxygens (including phenoxy) is 2. The molecule has 2 aromatic rings. The van der Waals surface area contributed by atoms with E-state index in [1.165, 1.54) is 43.3 Å². The molecule has 30 heavy (non-hydrogen) atoms. The third-order valence-electron chi connectivity index (χ3n) is 4.50. The summed E-state index contributed by atoms with van der Waals surface area (Å²) in [6, 6.07) is 12.0. The quantitative estimate of drug-likeness (QED) is 0.695. The number of benzene rings is 2. The number of carbonyl (C=O) groups is 3. The van der Waals surface area contributed by atoms with Crippen molar-refractivity contribution in [3.8, 4) is 5.75 Å². The molecule has 0 spiro atoms. The lowest BCUT2D eigenvalue weighted by Crippen LogP contribution is -2.30. The number of nitrogens with zero attached hydrogens (tertiary/aromatic N) is 1. The molecule has 1 atom stereocenters. The summed E-state index contributed by atoms with van der Waals surface area (Å²) in [7, 11) is 0. The van der Waals surface area contributed by atoms with E-state index in [4.69, 9.17) is 4.74 Å². The topological polar surface area (TPSA) is 84.9 Å². The lowest BCUT2D eigenvalue weighted by Gasteiger charge is -2.17. The molecule has 0 aromatic heterocycles. The van der Waals surface area contributed by atoms with E-state index in [9.17, 15) is 23.2 Å². The van der Waals surface area contributed by atoms with Gasteiger partial charge in [-0.2, -0.15) is 8.78 Å². The van der Waals surface area contributed by atoms with Crippen LogP contribution in [0.4, 0.5) is 20.2 Å². The van der Waals surface area contributed by atoms with E-state index in [1.54, 1.807) is 17.0 Å². The maximum atomic E-state index is 12.5. The number of hydrogen-bond donors (Lipinski definition) is 1. The number of alkyl halides is 2. The van der Waals surface area contributed by atoms with Crippen LogP contribution >= 0.6 is 0 Å². The molecule has 1 saturated heterocycles. The highest BCUT2D eigenvalue weighted by Crippen LogP contribution is 2.26. The smallest absolute Gasteiger partial charge is 0.387 e. The molecule has 1 aliphatic rings. The number of anilines is 2. The molecule has 158 valence electrons. The van der Waals surface area contributed by atoms with Gasteiger partial charge >= 0.3 is 12.6 Å². The van der Waals surface area contributed by atoms with Gasteiger partial charge in [-0.15, -0.1) is 0 Å². The van der Waals surface area contributed by atoms with Crippen LogP contribution in [0.1, 0.15) is 30.1 Å². The Hall–Kier alpha value is -3.49. The predicted octanol–water partition coefficient (Wildman–Crippen LogP) is 3.60. The Labute approximate surface area is 171 Å². The minimum Gasteiger partial charge on any atom is -0.449 e. The van der Waals surface area contributed by atoms with Crippen molar-refractivity contribution in [3.63, 3.8) is 0 Å². The number of carbonyl (C=O) groups excluding carboxylic acids is 3.